The van der Waals surface area contributed by atoms with Crippen molar-refractivity contribution in [2.75, 3.05) is 0 Å². The summed E-state index contributed by atoms with van der Waals surface area (Å²) in [6, 6.07) is 15.9. The Bertz CT molecular complexity index is 1230. The molecule has 0 aliphatic carbocycles. The summed E-state index contributed by atoms with van der Waals surface area (Å²) in [7, 11) is -3.83. The molecule has 0 unspecified atom stereocenters. The van der Waals surface area contributed by atoms with E-state index < -0.39 is 20.8 Å². The van der Waals surface area contributed by atoms with Crippen molar-refractivity contribution >= 4 is 33.4 Å². The van der Waals surface area contributed by atoms with Crippen LogP contribution in [0.3, 0.4) is 0 Å². The van der Waals surface area contributed by atoms with Crippen molar-refractivity contribution in [2.24, 2.45) is 0 Å². The summed E-state index contributed by atoms with van der Waals surface area (Å²) in [6.45, 7) is -0.0300. The van der Waals surface area contributed by atoms with Crippen molar-refractivity contribution in [1.29, 1.82) is 0 Å². The van der Waals surface area contributed by atoms with E-state index in [4.69, 9.17) is 16.3 Å². The zero-order chi connectivity index (χ0) is 22.4. The first-order valence-corrected chi connectivity index (χ1v) is 10.8. The molecule has 0 spiro atoms. The van der Waals surface area contributed by atoms with Crippen LogP contribution in [-0.2, 0) is 16.6 Å². The Labute approximate surface area is 182 Å². The average Bonchev–Trinajstić information content (AvgIpc) is 2.74. The molecule has 0 aromatic heterocycles. The third-order valence-corrected chi connectivity index (χ3v) is 5.42. The summed E-state index contributed by atoms with van der Waals surface area (Å²) in [5.41, 5.74) is 0.513. The summed E-state index contributed by atoms with van der Waals surface area (Å²) in [5.74, 6) is -0.203. The highest BCUT2D eigenvalue weighted by molar-refractivity contribution is 7.92. The Hall–Kier alpha value is -3.27. The fourth-order valence-electron chi connectivity index (χ4n) is 2.52. The molecule has 7 nitrogen and oxygen atoms in total. The molecule has 0 bridgehead atoms. The highest BCUT2D eigenvalue weighted by atomic mass is 35.5. The number of nitro groups is 1. The van der Waals surface area contributed by atoms with Crippen LogP contribution < -0.4 is 9.46 Å². The summed E-state index contributed by atoms with van der Waals surface area (Å²) >= 11 is 6.02. The lowest BCUT2D eigenvalue weighted by Crippen LogP contribution is -2.20. The number of nitrogens with zero attached hydrogens (tertiary/aromatic N) is 1. The topological polar surface area (TPSA) is 98.5 Å². The largest absolute Gasteiger partial charge is 0.449 e. The van der Waals surface area contributed by atoms with Gasteiger partial charge in [0.15, 0.2) is 0 Å². The first kappa shape index (κ1) is 22.4. The first-order valence-electron chi connectivity index (χ1n) is 8.86. The van der Waals surface area contributed by atoms with E-state index in [1.165, 1.54) is 48.5 Å². The lowest BCUT2D eigenvalue weighted by Gasteiger charge is -2.08. The molecule has 3 aromatic rings. The molecular formula is C21H16ClFN2O5S. The molecule has 1 N–H and O–H groups in total. The normalized spacial score (nSPS) is 11.5. The van der Waals surface area contributed by atoms with E-state index >= 15 is 0 Å². The highest BCUT2D eigenvalue weighted by Crippen LogP contribution is 2.35. The van der Waals surface area contributed by atoms with Gasteiger partial charge in [0.1, 0.15) is 11.6 Å². The maximum absolute atomic E-state index is 12.9. The second-order valence-electron chi connectivity index (χ2n) is 6.31. The minimum Gasteiger partial charge on any atom is -0.449 e. The number of nitro benzene ring substituents is 1. The van der Waals surface area contributed by atoms with E-state index in [2.05, 4.69) is 4.72 Å². The Balaban J connectivity index is 1.75. The first-order chi connectivity index (χ1) is 14.7. The zero-order valence-corrected chi connectivity index (χ0v) is 17.4. The number of nitrogens with one attached hydrogen (secondary N) is 1. The molecule has 0 saturated carbocycles. The highest BCUT2D eigenvalue weighted by Gasteiger charge is 2.17. The summed E-state index contributed by atoms with van der Waals surface area (Å²) in [4.78, 5) is 10.8. The molecular weight excluding hydrogens is 447 g/mol. The van der Waals surface area contributed by atoms with Gasteiger partial charge >= 0.3 is 5.69 Å². The van der Waals surface area contributed by atoms with Crippen molar-refractivity contribution in [3.05, 3.63) is 104 Å². The lowest BCUT2D eigenvalue weighted by molar-refractivity contribution is -0.385. The van der Waals surface area contributed by atoms with Gasteiger partial charge in [0, 0.05) is 18.0 Å². The predicted molar refractivity (Wildman–Crippen MR) is 116 cm³/mol. The molecule has 160 valence electrons. The van der Waals surface area contributed by atoms with Gasteiger partial charge in [-0.15, -0.1) is 0 Å². The quantitative estimate of drug-likeness (QED) is 0.363. The van der Waals surface area contributed by atoms with Gasteiger partial charge in [-0.05, 0) is 47.5 Å². The fraction of sp³-hybridized carbons (Fsp3) is 0.0476. The van der Waals surface area contributed by atoms with Crippen molar-refractivity contribution in [3.63, 3.8) is 0 Å². The van der Waals surface area contributed by atoms with Gasteiger partial charge < -0.3 is 4.74 Å². The molecule has 0 heterocycles. The molecule has 10 heteroatoms. The smallest absolute Gasteiger partial charge is 0.312 e. The lowest BCUT2D eigenvalue weighted by atomic mass is 10.2. The molecule has 3 aromatic carbocycles. The SMILES string of the molecule is O=[N+]([O-])c1cc(/C=C/S(=O)(=O)NCc2ccc(F)cc2)ccc1Oc1ccccc1Cl. The molecule has 0 aliphatic rings. The third kappa shape index (κ3) is 6.35. The standard InChI is InChI=1S/C21H16ClFN2O5S/c22-18-3-1-2-4-20(18)30-21-10-7-15(13-19(21)25(26)27)11-12-31(28,29)24-14-16-5-8-17(23)9-6-16/h1-13,24H,14H2/b12-11+. The van der Waals surface area contributed by atoms with Crippen molar-refractivity contribution in [3.8, 4) is 11.5 Å². The average molecular weight is 463 g/mol. The number of halogens is 2. The summed E-state index contributed by atoms with van der Waals surface area (Å²) in [5, 5.41) is 12.6. The Kier molecular flexibility index (Phi) is 7.01. The van der Waals surface area contributed by atoms with E-state index in [0.29, 0.717) is 10.6 Å². The number of para-hydroxylation sites is 1. The second kappa shape index (κ2) is 9.69. The molecule has 0 fully saturated rings. The van der Waals surface area contributed by atoms with Gasteiger partial charge in [0.25, 0.3) is 0 Å². The minimum atomic E-state index is -3.83. The van der Waals surface area contributed by atoms with Gasteiger partial charge in [-0.25, -0.2) is 17.5 Å². The van der Waals surface area contributed by atoms with Gasteiger partial charge in [0.2, 0.25) is 15.8 Å². The minimum absolute atomic E-state index is 0.0300. The van der Waals surface area contributed by atoms with Gasteiger partial charge in [-0.3, -0.25) is 10.1 Å². The van der Waals surface area contributed by atoms with Crippen molar-refractivity contribution < 1.29 is 22.5 Å². The van der Waals surface area contributed by atoms with Crippen molar-refractivity contribution in [2.45, 2.75) is 6.54 Å². The van der Waals surface area contributed by atoms with E-state index in [1.54, 1.807) is 24.3 Å². The third-order valence-electron chi connectivity index (χ3n) is 4.07. The molecule has 0 radical (unpaired) electrons. The van der Waals surface area contributed by atoms with Gasteiger partial charge in [-0.2, -0.15) is 0 Å². The van der Waals surface area contributed by atoms with Crippen LogP contribution in [0.1, 0.15) is 11.1 Å². The van der Waals surface area contributed by atoms with E-state index in [0.717, 1.165) is 5.41 Å². The number of hydrogen-bond acceptors (Lipinski definition) is 5. The van der Waals surface area contributed by atoms with Crippen LogP contribution in [0.4, 0.5) is 10.1 Å². The van der Waals surface area contributed by atoms with E-state index in [-0.39, 0.29) is 29.3 Å². The number of sulfonamides is 1. The number of ether oxygens (including phenoxy) is 1. The summed E-state index contributed by atoms with van der Waals surface area (Å²) in [6.07, 6.45) is 1.22. The molecule has 0 aliphatic heterocycles. The molecule has 31 heavy (non-hydrogen) atoms. The maximum Gasteiger partial charge on any atom is 0.312 e. The van der Waals surface area contributed by atoms with Crippen molar-refractivity contribution in [1.82, 2.24) is 4.72 Å². The van der Waals surface area contributed by atoms with Crippen LogP contribution in [0.15, 0.2) is 72.1 Å². The van der Waals surface area contributed by atoms with E-state index in [9.17, 15) is 22.9 Å². The van der Waals surface area contributed by atoms with Gasteiger partial charge in [-0.1, -0.05) is 41.9 Å². The van der Waals surface area contributed by atoms with Crippen LogP contribution in [0.5, 0.6) is 11.5 Å². The molecule has 0 saturated heterocycles. The second-order valence-corrected chi connectivity index (χ2v) is 8.37. The van der Waals surface area contributed by atoms with Crippen LogP contribution >= 0.6 is 11.6 Å². The molecule has 3 rings (SSSR count). The van der Waals surface area contributed by atoms with E-state index in [1.807, 2.05) is 0 Å². The molecule has 0 amide bonds. The number of benzene rings is 3. The predicted octanol–water partition coefficient (Wildman–Crippen LogP) is 5.27. The van der Waals surface area contributed by atoms with Crippen LogP contribution in [0.2, 0.25) is 5.02 Å². The maximum atomic E-state index is 12.9. The zero-order valence-electron chi connectivity index (χ0n) is 15.9. The van der Waals surface area contributed by atoms with Gasteiger partial charge in [0.05, 0.1) is 9.95 Å². The monoisotopic (exact) mass is 462 g/mol. The van der Waals surface area contributed by atoms with Crippen LogP contribution in [0.25, 0.3) is 6.08 Å². The Morgan fingerprint density at radius 1 is 1.06 bits per heavy atom. The fourth-order valence-corrected chi connectivity index (χ4v) is 3.49. The number of rotatable bonds is 8. The molecule has 0 atom stereocenters. The van der Waals surface area contributed by atoms with Crippen LogP contribution in [-0.4, -0.2) is 13.3 Å². The Morgan fingerprint density at radius 2 is 1.77 bits per heavy atom. The Morgan fingerprint density at radius 3 is 2.45 bits per heavy atom. The summed E-state index contributed by atoms with van der Waals surface area (Å²) < 4.78 is 45.1. The number of hydrogen-bond donors (Lipinski definition) is 1. The van der Waals surface area contributed by atoms with Crippen LogP contribution in [0, 0.1) is 15.9 Å².